The van der Waals surface area contributed by atoms with Crippen LogP contribution in [-0.4, -0.2) is 195 Å². The number of likely N-dealkylation sites (tertiary alicyclic amines) is 3. The fourth-order valence-electron chi connectivity index (χ4n) is 13.8. The topological polar surface area (TPSA) is 172 Å². The second-order valence-electron chi connectivity index (χ2n) is 47.7. The number of rotatable bonds is 20. The molecule has 2 aromatic rings. The van der Waals surface area contributed by atoms with Gasteiger partial charge in [0.25, 0.3) is 5.91 Å². The molecule has 3 amide bonds. The lowest BCUT2D eigenvalue weighted by atomic mass is 9.81. The molecule has 2 aromatic heterocycles. The number of nitrogens with zero attached hydrogens (tertiary/aromatic N) is 8. The highest BCUT2D eigenvalue weighted by atomic mass is 19.1. The molecule has 0 spiro atoms. The molecule has 6 saturated heterocycles. The molecule has 13 rings (SSSR count). The van der Waals surface area contributed by atoms with Gasteiger partial charge >= 0.3 is 0 Å². The Kier molecular flexibility index (Phi) is 137. The molecule has 11 fully saturated rings. The van der Waals surface area contributed by atoms with Gasteiger partial charge in [0.1, 0.15) is 6.26 Å². The van der Waals surface area contributed by atoms with Crippen molar-refractivity contribution in [2.24, 2.45) is 94.7 Å². The molecule has 0 unspecified atom stereocenters. The van der Waals surface area contributed by atoms with Gasteiger partial charge in [0.15, 0.2) is 5.67 Å². The zero-order chi connectivity index (χ0) is 115. The third-order valence-corrected chi connectivity index (χ3v) is 26.3. The molecule has 0 atom stereocenters. The number of morpholine rings is 2. The molecule has 18 heteroatoms. The zero-order valence-corrected chi connectivity index (χ0v) is 109. The Balaban J connectivity index is -0.000000147. The maximum Gasteiger partial charge on any atom is 0.259 e. The van der Waals surface area contributed by atoms with E-state index in [4.69, 9.17) is 18.6 Å². The van der Waals surface area contributed by atoms with Crippen molar-refractivity contribution in [2.75, 3.05) is 126 Å². The maximum absolute atomic E-state index is 13.1. The number of carbonyl (C=O) groups excluding carboxylic acids is 3. The van der Waals surface area contributed by atoms with Gasteiger partial charge in [0, 0.05) is 91.8 Å². The predicted molar refractivity (Wildman–Crippen MR) is 653 cm³/mol. The number of likely N-dealkylation sites (N-methyl/N-ethyl adjacent to an activating group) is 1. The molecule has 0 radical (unpaired) electrons. The van der Waals surface area contributed by atoms with Gasteiger partial charge in [0.2, 0.25) is 23.6 Å². The molecular formula is C129H274FN9O8. The summed E-state index contributed by atoms with van der Waals surface area (Å²) in [5.74, 6) is 15.5. The van der Waals surface area contributed by atoms with E-state index in [1.165, 1.54) is 289 Å². The molecule has 890 valence electrons. The van der Waals surface area contributed by atoms with Gasteiger partial charge in [-0.3, -0.25) is 14.4 Å². The third-order valence-electron chi connectivity index (χ3n) is 26.3. The first-order valence-corrected chi connectivity index (χ1v) is 62.2. The van der Waals surface area contributed by atoms with E-state index in [0.717, 1.165) is 154 Å². The third kappa shape index (κ3) is 145. The van der Waals surface area contributed by atoms with Crippen molar-refractivity contribution < 1.29 is 41.9 Å². The Hall–Kier alpha value is -3.55. The summed E-state index contributed by atoms with van der Waals surface area (Å²) in [6.07, 6.45) is 56.5. The lowest BCUT2D eigenvalue weighted by Crippen LogP contribution is -2.47. The van der Waals surface area contributed by atoms with Crippen molar-refractivity contribution >= 4 is 17.7 Å². The monoisotopic (exact) mass is 2100 g/mol. The summed E-state index contributed by atoms with van der Waals surface area (Å²) in [5, 5.41) is 13.9. The van der Waals surface area contributed by atoms with Crippen LogP contribution in [0.5, 0.6) is 0 Å². The molecule has 0 bridgehead atoms. The van der Waals surface area contributed by atoms with Crippen molar-refractivity contribution in [1.82, 2.24) is 45.2 Å². The van der Waals surface area contributed by atoms with Gasteiger partial charge in [0.05, 0.1) is 32.6 Å². The van der Waals surface area contributed by atoms with Crippen LogP contribution in [0.2, 0.25) is 0 Å². The molecule has 6 aliphatic heterocycles. The quantitative estimate of drug-likeness (QED) is 0.133. The Morgan fingerprint density at radius 2 is 0.714 bits per heavy atom. The van der Waals surface area contributed by atoms with E-state index in [1.54, 1.807) is 33.0 Å². The fourth-order valence-corrected chi connectivity index (χ4v) is 13.8. The van der Waals surface area contributed by atoms with Gasteiger partial charge < -0.3 is 53.0 Å². The number of amides is 3. The van der Waals surface area contributed by atoms with Gasteiger partial charge in [-0.25, -0.2) is 4.39 Å². The normalized spacial score (nSPS) is 16.4. The smallest absolute Gasteiger partial charge is 0.259 e. The van der Waals surface area contributed by atoms with Crippen molar-refractivity contribution in [2.45, 2.75) is 574 Å². The Bertz CT molecular complexity index is 2580. The van der Waals surface area contributed by atoms with Crippen molar-refractivity contribution in [1.29, 1.82) is 0 Å². The predicted octanol–water partition coefficient (Wildman–Crippen LogP) is 38.1. The summed E-state index contributed by atoms with van der Waals surface area (Å²) in [4.78, 5) is 43.1. The number of aromatic nitrogens is 3. The van der Waals surface area contributed by atoms with E-state index in [1.807, 2.05) is 46.4 Å². The number of hydrogen-bond donors (Lipinski definition) is 1. The molecule has 5 saturated carbocycles. The number of ether oxygens (including phenoxy) is 3. The van der Waals surface area contributed by atoms with Crippen LogP contribution < -0.4 is 5.32 Å². The van der Waals surface area contributed by atoms with Gasteiger partial charge in [-0.05, 0) is 214 Å². The minimum Gasteiger partial charge on any atom is -0.426 e. The van der Waals surface area contributed by atoms with Crippen molar-refractivity contribution in [3.05, 3.63) is 30.3 Å². The summed E-state index contributed by atoms with van der Waals surface area (Å²) in [5.41, 5.74) is -1.81. The van der Waals surface area contributed by atoms with Crippen LogP contribution in [0.3, 0.4) is 0 Å². The minimum absolute atomic E-state index is 0.0515. The molecule has 17 nitrogen and oxygen atoms in total. The van der Waals surface area contributed by atoms with E-state index >= 15 is 0 Å². The number of alkyl halides is 1. The molecule has 1 N–H and O–H groups in total. The summed E-state index contributed by atoms with van der Waals surface area (Å²) in [7, 11) is 4.29. The number of carbonyl (C=O) groups is 3. The Morgan fingerprint density at radius 1 is 0.388 bits per heavy atom. The highest BCUT2D eigenvalue weighted by molar-refractivity contribution is 5.84. The highest BCUT2D eigenvalue weighted by Crippen LogP contribution is 2.33. The van der Waals surface area contributed by atoms with Crippen molar-refractivity contribution in [3.8, 4) is 0 Å². The van der Waals surface area contributed by atoms with Crippen molar-refractivity contribution in [3.63, 3.8) is 0 Å². The SMILES string of the molecule is C1CCCC1.C1CCCC1.C1COC1.CC.CC.CC.CC(=O)N1CCCC1.CC(=O)NC(C)(C)CC(C)C.CC(C)(F)C(=O)N1CCOCC1.CC(C)C1CCCC1.CC(C)C1CCCC1.CC(C)CCC1CCC1.CC(C)CN1CCC1.CCC(C)C.CCC(C)C.CCC(C)C.CCC(C)C.CCC(C)C.CCC(C)C.CCC(C)C.CN1CCCC1.CN1CCOCC1.Cc1nnc(CC(C)C)o1.c1cnoc1. The molecule has 8 heterocycles. The molecule has 11 aliphatic rings. The number of halogens is 1. The zero-order valence-electron chi connectivity index (χ0n) is 109. The van der Waals surface area contributed by atoms with Gasteiger partial charge in [-0.2, -0.15) is 0 Å². The summed E-state index contributed by atoms with van der Waals surface area (Å²) in [6, 6.07) is 1.72. The van der Waals surface area contributed by atoms with Crippen LogP contribution in [-0.2, 0) is 35.0 Å². The lowest BCUT2D eigenvalue weighted by Gasteiger charge is -2.31. The van der Waals surface area contributed by atoms with Crippen LogP contribution in [0.25, 0.3) is 0 Å². The Labute approximate surface area is 923 Å². The Morgan fingerprint density at radius 3 is 0.878 bits per heavy atom. The number of aryl methyl sites for hydroxylation is 1. The molecule has 0 aromatic carbocycles. The second kappa shape index (κ2) is 121. The molecular weight excluding hydrogens is 1820 g/mol. The number of nitrogens with one attached hydrogen (secondary N) is 1. The highest BCUT2D eigenvalue weighted by Gasteiger charge is 2.32. The first-order valence-electron chi connectivity index (χ1n) is 62.2. The van der Waals surface area contributed by atoms with Crippen LogP contribution in [0, 0.1) is 102 Å². The molecule has 5 aliphatic carbocycles. The minimum atomic E-state index is -1.75. The van der Waals surface area contributed by atoms with Crippen LogP contribution >= 0.6 is 0 Å². The van der Waals surface area contributed by atoms with E-state index in [-0.39, 0.29) is 17.4 Å². The van der Waals surface area contributed by atoms with Crippen LogP contribution in [0.15, 0.2) is 27.5 Å². The van der Waals surface area contributed by atoms with E-state index in [2.05, 4.69) is 296 Å². The fraction of sp³-hybridized carbons (Fsp3) is 0.938. The van der Waals surface area contributed by atoms with Gasteiger partial charge in [-0.1, -0.05) is 468 Å². The van der Waals surface area contributed by atoms with E-state index in [9.17, 15) is 18.8 Å². The maximum atomic E-state index is 13.1. The first-order chi connectivity index (χ1) is 69.2. The summed E-state index contributed by atoms with van der Waals surface area (Å²) in [6.45, 7) is 114. The lowest BCUT2D eigenvalue weighted by molar-refractivity contribution is -0.146. The molecule has 147 heavy (non-hydrogen) atoms. The second-order valence-corrected chi connectivity index (χ2v) is 47.7. The van der Waals surface area contributed by atoms with E-state index in [0.29, 0.717) is 44.0 Å². The van der Waals surface area contributed by atoms with Gasteiger partial charge in [-0.15, -0.1) is 10.2 Å². The summed E-state index contributed by atoms with van der Waals surface area (Å²) >= 11 is 0. The van der Waals surface area contributed by atoms with Crippen LogP contribution in [0.4, 0.5) is 4.39 Å². The number of hydrogen-bond acceptors (Lipinski definition) is 14. The first kappa shape index (κ1) is 166. The van der Waals surface area contributed by atoms with E-state index < -0.39 is 11.6 Å². The average molecular weight is 2100 g/mol. The summed E-state index contributed by atoms with van der Waals surface area (Å²) < 4.78 is 37.5. The van der Waals surface area contributed by atoms with Crippen LogP contribution in [0.1, 0.15) is 561 Å². The standard InChI is InChI=1S/C9H19NO.C9H18.C8H14FNO2.2C8H16.C7H12N2O.C7H15N.C6H11NO.C5H11NO.C5H11N.2C5H10.7C5H12.C3H3NO.C3H6O.3C2H6/c1-7(2)6-9(4,5)10-8(3)11;1-8(2)6-7-9-4-3-5-9;1-8(2,9)7(11)10-3-5-12-6-4-10;2*1-7(2)8-5-3-4-6-8;1-5(2)4-7-9-8-6(3)10-7;1-7(2)6-8-4-3-5-8;1-6(8)7-4-2-3-5-7;1-6-2-4-7-5-3-6;1-6-4-2-3-5-6;2*1-2-4-5-3-1;7*1-4-5(2)3;1-2-4-5-3-1;1-2-4-3-1;3*1-2/h7H,6H2,1-5H3,(H,10,11);8-9H,3-7H2,1-2H3;3-6H2,1-2H3;2*7-8H,3-6H2,1-2H3;5H,4H2,1-3H3;7H,3-6H2,1-2H3;2-5H2,1H3;2-5H2,1H3;2-5H2,1H3;2*1-5H2;7*5H,4H2,1-3H3;1-3H;1-3H2;3*1-2H3. The average Bonchev–Trinajstić information content (AvgIpc) is 1.83. The largest absolute Gasteiger partial charge is 0.426 e.